The molecule has 0 bridgehead atoms. The van der Waals surface area contributed by atoms with Crippen LogP contribution in [0.15, 0.2) is 47.3 Å². The third kappa shape index (κ3) is 2.96. The number of carbonyl (C=O) groups is 1. The molecule has 0 spiro atoms. The Hall–Kier alpha value is -3.22. The number of anilines is 3. The van der Waals surface area contributed by atoms with Crippen molar-refractivity contribution in [2.24, 2.45) is 0 Å². The molecule has 0 unspecified atom stereocenters. The van der Waals surface area contributed by atoms with Crippen LogP contribution in [0.4, 0.5) is 17.1 Å². The van der Waals surface area contributed by atoms with Crippen molar-refractivity contribution in [3.63, 3.8) is 0 Å². The van der Waals surface area contributed by atoms with Gasteiger partial charge in [0.05, 0.1) is 22.4 Å². The Morgan fingerprint density at radius 3 is 2.24 bits per heavy atom. The minimum Gasteiger partial charge on any atom is -0.368 e. The topological polar surface area (TPSA) is 84.2 Å². The first-order valence-electron chi connectivity index (χ1n) is 8.26. The van der Waals surface area contributed by atoms with Crippen molar-refractivity contribution in [2.75, 3.05) is 41.3 Å². The first-order chi connectivity index (χ1) is 12.2. The quantitative estimate of drug-likeness (QED) is 0.633. The summed E-state index contributed by atoms with van der Waals surface area (Å²) in [5.74, 6) is 0. The Morgan fingerprint density at radius 1 is 0.920 bits per heavy atom. The number of carbonyl (C=O) groups excluding carboxylic acids is 1. The molecule has 25 heavy (non-hydrogen) atoms. The van der Waals surface area contributed by atoms with E-state index in [0.717, 1.165) is 37.4 Å². The molecular weight excluding hydrogens is 318 g/mol. The van der Waals surface area contributed by atoms with Gasteiger partial charge < -0.3 is 25.1 Å². The Balaban J connectivity index is 1.60. The Morgan fingerprint density at radius 2 is 1.56 bits per heavy atom. The van der Waals surface area contributed by atoms with Crippen molar-refractivity contribution in [2.45, 2.75) is 0 Å². The average Bonchev–Trinajstić information content (AvgIpc) is 3.01. The normalized spacial score (nSPS) is 14.7. The lowest BCUT2D eigenvalue weighted by Gasteiger charge is -2.38. The van der Waals surface area contributed by atoms with Crippen LogP contribution in [0, 0.1) is 0 Å². The van der Waals surface area contributed by atoms with Crippen LogP contribution in [0.3, 0.4) is 0 Å². The Labute approximate surface area is 144 Å². The number of H-pyrrole nitrogens is 2. The standard InChI is InChI=1S/C18H19N5O2/c24-12-19-16-10-14-15(21-18(25)20-14)11-17(16)23-8-6-22(7-9-23)13-4-2-1-3-5-13/h1-5,10-12H,6-9H2,(H,19,24)(H2,20,21,25). The zero-order valence-corrected chi connectivity index (χ0v) is 13.7. The van der Waals surface area contributed by atoms with E-state index in [1.54, 1.807) is 6.07 Å². The van der Waals surface area contributed by atoms with Crippen LogP contribution in [0.5, 0.6) is 0 Å². The van der Waals surface area contributed by atoms with E-state index in [2.05, 4.69) is 37.2 Å². The number of nitrogens with one attached hydrogen (secondary N) is 3. The Kier molecular flexibility index (Phi) is 3.89. The van der Waals surface area contributed by atoms with Gasteiger partial charge in [-0.05, 0) is 24.3 Å². The van der Waals surface area contributed by atoms with Crippen LogP contribution in [0.25, 0.3) is 11.0 Å². The number of para-hydroxylation sites is 1. The van der Waals surface area contributed by atoms with Gasteiger partial charge in [-0.15, -0.1) is 0 Å². The molecule has 1 aliphatic heterocycles. The highest BCUT2D eigenvalue weighted by Crippen LogP contribution is 2.30. The van der Waals surface area contributed by atoms with E-state index in [1.807, 2.05) is 24.3 Å². The first-order valence-corrected chi connectivity index (χ1v) is 8.26. The molecule has 2 aromatic carbocycles. The molecule has 1 fully saturated rings. The van der Waals surface area contributed by atoms with Gasteiger partial charge >= 0.3 is 5.69 Å². The number of aromatic amines is 2. The van der Waals surface area contributed by atoms with Gasteiger partial charge in [0.25, 0.3) is 0 Å². The zero-order valence-electron chi connectivity index (χ0n) is 13.7. The largest absolute Gasteiger partial charge is 0.368 e. The summed E-state index contributed by atoms with van der Waals surface area (Å²) in [7, 11) is 0. The maximum atomic E-state index is 11.5. The molecule has 0 atom stereocenters. The first kappa shape index (κ1) is 15.3. The number of hydrogen-bond acceptors (Lipinski definition) is 4. The van der Waals surface area contributed by atoms with Gasteiger partial charge in [-0.1, -0.05) is 18.2 Å². The van der Waals surface area contributed by atoms with E-state index in [4.69, 9.17) is 0 Å². The maximum absolute atomic E-state index is 11.5. The van der Waals surface area contributed by atoms with Gasteiger partial charge in [0.1, 0.15) is 0 Å². The molecule has 128 valence electrons. The molecule has 1 aliphatic rings. The van der Waals surface area contributed by atoms with E-state index in [0.29, 0.717) is 17.6 Å². The highest BCUT2D eigenvalue weighted by molar-refractivity contribution is 5.92. The predicted molar refractivity (Wildman–Crippen MR) is 99.5 cm³/mol. The lowest BCUT2D eigenvalue weighted by molar-refractivity contribution is -0.105. The lowest BCUT2D eigenvalue weighted by atomic mass is 10.1. The summed E-state index contributed by atoms with van der Waals surface area (Å²) >= 11 is 0. The molecule has 1 saturated heterocycles. The van der Waals surface area contributed by atoms with Crippen molar-refractivity contribution >= 4 is 34.5 Å². The van der Waals surface area contributed by atoms with Crippen molar-refractivity contribution in [3.8, 4) is 0 Å². The van der Waals surface area contributed by atoms with E-state index >= 15 is 0 Å². The number of nitrogens with zero attached hydrogens (tertiary/aromatic N) is 2. The second kappa shape index (κ2) is 6.35. The number of imidazole rings is 1. The summed E-state index contributed by atoms with van der Waals surface area (Å²) in [5.41, 5.74) is 4.01. The molecule has 0 aliphatic carbocycles. The summed E-state index contributed by atoms with van der Waals surface area (Å²) in [6.07, 6.45) is 0.662. The van der Waals surface area contributed by atoms with Crippen molar-refractivity contribution in [1.29, 1.82) is 0 Å². The molecule has 7 heteroatoms. The molecule has 1 amide bonds. The van der Waals surface area contributed by atoms with Crippen LogP contribution in [0.1, 0.15) is 0 Å². The molecule has 4 rings (SSSR count). The summed E-state index contributed by atoms with van der Waals surface area (Å²) in [6, 6.07) is 14.0. The summed E-state index contributed by atoms with van der Waals surface area (Å²) < 4.78 is 0. The zero-order chi connectivity index (χ0) is 17.2. The van der Waals surface area contributed by atoms with E-state index < -0.39 is 0 Å². The van der Waals surface area contributed by atoms with Crippen molar-refractivity contribution in [3.05, 3.63) is 52.9 Å². The van der Waals surface area contributed by atoms with Gasteiger partial charge in [-0.2, -0.15) is 0 Å². The van der Waals surface area contributed by atoms with Gasteiger partial charge in [-0.25, -0.2) is 4.79 Å². The van der Waals surface area contributed by atoms with Crippen LogP contribution < -0.4 is 20.8 Å². The second-order valence-corrected chi connectivity index (χ2v) is 6.07. The van der Waals surface area contributed by atoms with Gasteiger partial charge in [0, 0.05) is 31.9 Å². The second-order valence-electron chi connectivity index (χ2n) is 6.07. The fraction of sp³-hybridized carbons (Fsp3) is 0.222. The van der Waals surface area contributed by atoms with Gasteiger partial charge in [-0.3, -0.25) is 4.79 Å². The number of piperazine rings is 1. The molecule has 0 saturated carbocycles. The third-order valence-corrected chi connectivity index (χ3v) is 4.59. The van der Waals surface area contributed by atoms with Crippen LogP contribution in [-0.2, 0) is 4.79 Å². The van der Waals surface area contributed by atoms with E-state index in [9.17, 15) is 9.59 Å². The summed E-state index contributed by atoms with van der Waals surface area (Å²) in [6.45, 7) is 3.46. The molecule has 3 N–H and O–H groups in total. The monoisotopic (exact) mass is 337 g/mol. The van der Waals surface area contributed by atoms with Crippen LogP contribution in [-0.4, -0.2) is 42.6 Å². The SMILES string of the molecule is O=CNc1cc2[nH]c(=O)[nH]c2cc1N1CCN(c2ccccc2)CC1. The van der Waals surface area contributed by atoms with Crippen LogP contribution in [0.2, 0.25) is 0 Å². The molecular formula is C18H19N5O2. The number of aromatic nitrogens is 2. The van der Waals surface area contributed by atoms with E-state index in [-0.39, 0.29) is 5.69 Å². The molecule has 7 nitrogen and oxygen atoms in total. The lowest BCUT2D eigenvalue weighted by Crippen LogP contribution is -2.46. The number of rotatable bonds is 4. The number of hydrogen-bond donors (Lipinski definition) is 3. The highest BCUT2D eigenvalue weighted by atomic mass is 16.1. The summed E-state index contributed by atoms with van der Waals surface area (Å²) in [5, 5.41) is 2.75. The summed E-state index contributed by atoms with van der Waals surface area (Å²) in [4.78, 5) is 32.6. The number of fused-ring (bicyclic) bond motifs is 1. The molecule has 1 aromatic heterocycles. The molecule has 3 aromatic rings. The molecule has 2 heterocycles. The molecule has 0 radical (unpaired) electrons. The van der Waals surface area contributed by atoms with Crippen molar-refractivity contribution < 1.29 is 4.79 Å². The van der Waals surface area contributed by atoms with Gasteiger partial charge in [0.15, 0.2) is 0 Å². The van der Waals surface area contributed by atoms with Crippen LogP contribution >= 0.6 is 0 Å². The predicted octanol–water partition coefficient (Wildman–Crippen LogP) is 1.75. The van der Waals surface area contributed by atoms with Crippen molar-refractivity contribution in [1.82, 2.24) is 9.97 Å². The maximum Gasteiger partial charge on any atom is 0.323 e. The van der Waals surface area contributed by atoms with Gasteiger partial charge in [0.2, 0.25) is 6.41 Å². The number of amides is 1. The minimum atomic E-state index is -0.252. The van der Waals surface area contributed by atoms with E-state index in [1.165, 1.54) is 5.69 Å². The highest BCUT2D eigenvalue weighted by Gasteiger charge is 2.20. The smallest absolute Gasteiger partial charge is 0.323 e. The minimum absolute atomic E-state index is 0.252. The fourth-order valence-electron chi connectivity index (χ4n) is 3.36. The third-order valence-electron chi connectivity index (χ3n) is 4.59. The average molecular weight is 337 g/mol. The fourth-order valence-corrected chi connectivity index (χ4v) is 3.36. The number of benzene rings is 2. The Bertz CT molecular complexity index is 939.